The number of halogens is 1. The summed E-state index contributed by atoms with van der Waals surface area (Å²) in [5.74, 6) is 0.427. The van der Waals surface area contributed by atoms with Gasteiger partial charge in [0.25, 0.3) is 0 Å². The van der Waals surface area contributed by atoms with Crippen molar-refractivity contribution in [1.29, 1.82) is 0 Å². The van der Waals surface area contributed by atoms with Crippen LogP contribution in [0.25, 0.3) is 0 Å². The van der Waals surface area contributed by atoms with Crippen molar-refractivity contribution in [2.24, 2.45) is 4.99 Å². The zero-order valence-electron chi connectivity index (χ0n) is 15.4. The van der Waals surface area contributed by atoms with Gasteiger partial charge < -0.3 is 10.6 Å². The standard InChI is InChI=1S/C21H24FN5/c1-2-23-21(25-15-18-9-5-6-11-20(18)22)24-14-17-8-3-4-10-19(17)16-27-13-7-12-26-27/h3-13H,2,14-16H2,1H3,(H2,23,24,25). The molecule has 0 spiro atoms. The van der Waals surface area contributed by atoms with Crippen molar-refractivity contribution in [3.63, 3.8) is 0 Å². The minimum absolute atomic E-state index is 0.235. The quantitative estimate of drug-likeness (QED) is 0.499. The van der Waals surface area contributed by atoms with Crippen molar-refractivity contribution in [1.82, 2.24) is 20.4 Å². The maximum Gasteiger partial charge on any atom is 0.191 e. The summed E-state index contributed by atoms with van der Waals surface area (Å²) in [7, 11) is 0. The smallest absolute Gasteiger partial charge is 0.191 e. The molecular weight excluding hydrogens is 341 g/mol. The molecule has 3 rings (SSSR count). The van der Waals surface area contributed by atoms with E-state index in [1.165, 1.54) is 17.2 Å². The van der Waals surface area contributed by atoms with Crippen LogP contribution in [0.4, 0.5) is 4.39 Å². The Balaban J connectivity index is 1.67. The average Bonchev–Trinajstić information content (AvgIpc) is 3.19. The Kier molecular flexibility index (Phi) is 6.57. The van der Waals surface area contributed by atoms with Gasteiger partial charge in [-0.3, -0.25) is 4.68 Å². The third kappa shape index (κ3) is 5.41. The molecular formula is C21H24FN5. The van der Waals surface area contributed by atoms with Crippen molar-refractivity contribution < 1.29 is 4.39 Å². The highest BCUT2D eigenvalue weighted by atomic mass is 19.1. The summed E-state index contributed by atoms with van der Waals surface area (Å²) in [5.41, 5.74) is 2.94. The molecule has 0 atom stereocenters. The Labute approximate surface area is 159 Å². The van der Waals surface area contributed by atoms with E-state index >= 15 is 0 Å². The molecule has 1 aromatic heterocycles. The number of hydrogen-bond acceptors (Lipinski definition) is 2. The summed E-state index contributed by atoms with van der Waals surface area (Å²) in [4.78, 5) is 4.50. The van der Waals surface area contributed by atoms with Gasteiger partial charge in [-0.05, 0) is 30.2 Å². The second kappa shape index (κ2) is 9.52. The number of benzene rings is 2. The Morgan fingerprint density at radius 2 is 1.74 bits per heavy atom. The van der Waals surface area contributed by atoms with E-state index in [4.69, 9.17) is 0 Å². The van der Waals surface area contributed by atoms with E-state index in [2.05, 4.69) is 32.9 Å². The summed E-state index contributed by atoms with van der Waals surface area (Å²) in [6, 6.07) is 16.9. The number of aliphatic imine (C=N–C) groups is 1. The third-order valence-corrected chi connectivity index (χ3v) is 4.17. The van der Waals surface area contributed by atoms with Crippen LogP contribution >= 0.6 is 0 Å². The third-order valence-electron chi connectivity index (χ3n) is 4.17. The molecule has 0 unspecified atom stereocenters. The Morgan fingerprint density at radius 1 is 1.00 bits per heavy atom. The molecule has 0 fully saturated rings. The van der Waals surface area contributed by atoms with E-state index in [-0.39, 0.29) is 12.4 Å². The van der Waals surface area contributed by atoms with Crippen LogP contribution in [0, 0.1) is 5.82 Å². The molecule has 2 N–H and O–H groups in total. The molecule has 0 aliphatic heterocycles. The molecule has 2 aromatic carbocycles. The predicted molar refractivity (Wildman–Crippen MR) is 106 cm³/mol. The van der Waals surface area contributed by atoms with Crippen molar-refractivity contribution in [3.8, 4) is 0 Å². The fourth-order valence-corrected chi connectivity index (χ4v) is 2.76. The van der Waals surface area contributed by atoms with Gasteiger partial charge in [0.1, 0.15) is 5.82 Å². The fraction of sp³-hybridized carbons (Fsp3) is 0.238. The lowest BCUT2D eigenvalue weighted by molar-refractivity contribution is 0.610. The SMILES string of the molecule is CCNC(=NCc1ccccc1F)NCc1ccccc1Cn1cccn1. The monoisotopic (exact) mass is 365 g/mol. The van der Waals surface area contributed by atoms with Crippen molar-refractivity contribution in [2.45, 2.75) is 26.6 Å². The van der Waals surface area contributed by atoms with Crippen LogP contribution in [-0.2, 0) is 19.6 Å². The minimum Gasteiger partial charge on any atom is -0.357 e. The average molecular weight is 365 g/mol. The minimum atomic E-state index is -0.235. The van der Waals surface area contributed by atoms with Crippen LogP contribution in [0.1, 0.15) is 23.6 Å². The van der Waals surface area contributed by atoms with Crippen LogP contribution in [0.5, 0.6) is 0 Å². The molecule has 5 nitrogen and oxygen atoms in total. The van der Waals surface area contributed by atoms with E-state index in [1.807, 2.05) is 42.1 Å². The maximum atomic E-state index is 13.8. The number of rotatable bonds is 7. The number of guanidine groups is 1. The lowest BCUT2D eigenvalue weighted by Crippen LogP contribution is -2.37. The van der Waals surface area contributed by atoms with Crippen molar-refractivity contribution >= 4 is 5.96 Å². The van der Waals surface area contributed by atoms with E-state index in [9.17, 15) is 4.39 Å². The number of nitrogens with zero attached hydrogens (tertiary/aromatic N) is 3. The Bertz CT molecular complexity index is 874. The van der Waals surface area contributed by atoms with Gasteiger partial charge in [0.15, 0.2) is 5.96 Å². The summed E-state index contributed by atoms with van der Waals surface area (Å²) in [5, 5.41) is 10.8. The predicted octanol–water partition coefficient (Wildman–Crippen LogP) is 3.33. The van der Waals surface area contributed by atoms with Crippen LogP contribution in [-0.4, -0.2) is 22.3 Å². The van der Waals surface area contributed by atoms with Crippen LogP contribution in [0.15, 0.2) is 72.0 Å². The first kappa shape index (κ1) is 18.6. The molecule has 6 heteroatoms. The van der Waals surface area contributed by atoms with Gasteiger partial charge in [0.05, 0.1) is 13.1 Å². The molecule has 0 radical (unpaired) electrons. The molecule has 3 aromatic rings. The van der Waals surface area contributed by atoms with Crippen LogP contribution in [0.3, 0.4) is 0 Å². The molecule has 0 aliphatic rings. The fourth-order valence-electron chi connectivity index (χ4n) is 2.76. The van der Waals surface area contributed by atoms with Crippen LogP contribution < -0.4 is 10.6 Å². The highest BCUT2D eigenvalue weighted by Gasteiger charge is 2.05. The number of aromatic nitrogens is 2. The number of nitrogens with one attached hydrogen (secondary N) is 2. The molecule has 140 valence electrons. The van der Waals surface area contributed by atoms with Crippen molar-refractivity contribution in [3.05, 3.63) is 89.5 Å². The molecule has 0 saturated heterocycles. The molecule has 1 heterocycles. The second-order valence-corrected chi connectivity index (χ2v) is 6.11. The summed E-state index contributed by atoms with van der Waals surface area (Å²) < 4.78 is 15.7. The molecule has 0 amide bonds. The van der Waals surface area contributed by atoms with Gasteiger partial charge in [-0.2, -0.15) is 5.10 Å². The summed E-state index contributed by atoms with van der Waals surface area (Å²) >= 11 is 0. The normalized spacial score (nSPS) is 11.4. The molecule has 0 saturated carbocycles. The highest BCUT2D eigenvalue weighted by molar-refractivity contribution is 5.79. The highest BCUT2D eigenvalue weighted by Crippen LogP contribution is 2.11. The topological polar surface area (TPSA) is 54.2 Å². The van der Waals surface area contributed by atoms with Gasteiger partial charge in [-0.1, -0.05) is 42.5 Å². The summed E-state index contributed by atoms with van der Waals surface area (Å²) in [6.07, 6.45) is 3.73. The zero-order valence-corrected chi connectivity index (χ0v) is 15.4. The van der Waals surface area contributed by atoms with Gasteiger partial charge >= 0.3 is 0 Å². The largest absolute Gasteiger partial charge is 0.357 e. The first-order chi connectivity index (χ1) is 13.3. The first-order valence-corrected chi connectivity index (χ1v) is 9.06. The lowest BCUT2D eigenvalue weighted by Gasteiger charge is -2.14. The maximum absolute atomic E-state index is 13.8. The van der Waals surface area contributed by atoms with Gasteiger partial charge in [-0.15, -0.1) is 0 Å². The molecule has 0 bridgehead atoms. The Morgan fingerprint density at radius 3 is 2.44 bits per heavy atom. The molecule has 27 heavy (non-hydrogen) atoms. The second-order valence-electron chi connectivity index (χ2n) is 6.11. The van der Waals surface area contributed by atoms with Gasteiger partial charge in [0, 0.05) is 31.0 Å². The van der Waals surface area contributed by atoms with Crippen LogP contribution in [0.2, 0.25) is 0 Å². The van der Waals surface area contributed by atoms with E-state index in [1.54, 1.807) is 18.3 Å². The lowest BCUT2D eigenvalue weighted by atomic mass is 10.1. The van der Waals surface area contributed by atoms with Gasteiger partial charge in [-0.25, -0.2) is 9.38 Å². The van der Waals surface area contributed by atoms with Crippen molar-refractivity contribution in [2.75, 3.05) is 6.54 Å². The summed E-state index contributed by atoms with van der Waals surface area (Å²) in [6.45, 7) is 4.37. The number of hydrogen-bond donors (Lipinski definition) is 2. The first-order valence-electron chi connectivity index (χ1n) is 9.06. The van der Waals surface area contributed by atoms with Gasteiger partial charge in [0.2, 0.25) is 0 Å². The van der Waals surface area contributed by atoms with E-state index in [0.29, 0.717) is 24.6 Å². The van der Waals surface area contributed by atoms with E-state index in [0.717, 1.165) is 6.54 Å². The molecule has 0 aliphatic carbocycles. The van der Waals surface area contributed by atoms with E-state index < -0.39 is 0 Å². The zero-order chi connectivity index (χ0) is 18.9. The Hall–Kier alpha value is -3.15.